The minimum Gasteiger partial charge on any atom is -0.347 e. The Morgan fingerprint density at radius 2 is 2.11 bits per heavy atom. The summed E-state index contributed by atoms with van der Waals surface area (Å²) in [6, 6.07) is 0.510. The van der Waals surface area contributed by atoms with Crippen molar-refractivity contribution in [3.05, 3.63) is 18.2 Å². The van der Waals surface area contributed by atoms with Crippen molar-refractivity contribution in [2.24, 2.45) is 0 Å². The smallest absolute Gasteiger partial charge is 0.237 e. The lowest BCUT2D eigenvalue weighted by atomic mass is 9.93. The second-order valence-electron chi connectivity index (χ2n) is 5.67. The van der Waals surface area contributed by atoms with E-state index in [1.807, 2.05) is 6.20 Å². The molecule has 1 aromatic heterocycles. The van der Waals surface area contributed by atoms with E-state index in [0.717, 1.165) is 25.3 Å². The number of aromatic amines is 1. The van der Waals surface area contributed by atoms with Gasteiger partial charge in [-0.2, -0.15) is 0 Å². The van der Waals surface area contributed by atoms with Crippen molar-refractivity contribution >= 4 is 5.91 Å². The third kappa shape index (κ3) is 2.97. The first-order valence-corrected chi connectivity index (χ1v) is 7.32. The zero-order valence-electron chi connectivity index (χ0n) is 11.3. The van der Waals surface area contributed by atoms with Gasteiger partial charge in [-0.3, -0.25) is 9.69 Å². The molecule has 0 bridgehead atoms. The summed E-state index contributed by atoms with van der Waals surface area (Å²) < 4.78 is 0. The van der Waals surface area contributed by atoms with Gasteiger partial charge in [0, 0.05) is 37.6 Å². The highest BCUT2D eigenvalue weighted by Crippen LogP contribution is 2.24. The molecule has 1 saturated heterocycles. The van der Waals surface area contributed by atoms with Gasteiger partial charge >= 0.3 is 0 Å². The Morgan fingerprint density at radius 3 is 2.79 bits per heavy atom. The molecule has 0 atom stereocenters. The van der Waals surface area contributed by atoms with Gasteiger partial charge in [-0.05, 0) is 12.8 Å². The first-order valence-electron chi connectivity index (χ1n) is 7.32. The number of carbonyl (C=O) groups is 1. The maximum absolute atomic E-state index is 12.3. The van der Waals surface area contributed by atoms with Crippen LogP contribution in [-0.2, 0) is 11.3 Å². The van der Waals surface area contributed by atoms with Gasteiger partial charge in [-0.15, -0.1) is 0 Å². The molecule has 0 unspecified atom stereocenters. The molecule has 1 aliphatic heterocycles. The van der Waals surface area contributed by atoms with Crippen LogP contribution in [0.5, 0.6) is 0 Å². The van der Waals surface area contributed by atoms with Crippen molar-refractivity contribution in [1.29, 1.82) is 0 Å². The number of nitrogens with one attached hydrogen (secondary N) is 1. The quantitative estimate of drug-likeness (QED) is 0.895. The van der Waals surface area contributed by atoms with Gasteiger partial charge in [-0.25, -0.2) is 4.98 Å². The van der Waals surface area contributed by atoms with E-state index in [9.17, 15) is 4.79 Å². The van der Waals surface area contributed by atoms with Crippen LogP contribution >= 0.6 is 0 Å². The number of amides is 1. The summed E-state index contributed by atoms with van der Waals surface area (Å²) in [7, 11) is 0. The molecule has 0 aromatic carbocycles. The molecule has 104 valence electrons. The standard InChI is InChI=1S/C14H22N4O/c19-14-10-17(9-12-8-15-11-16-12)6-7-18(14)13-4-2-1-3-5-13/h8,11,13H,1-7,9-10H2,(H,15,16). The van der Waals surface area contributed by atoms with E-state index < -0.39 is 0 Å². The van der Waals surface area contributed by atoms with Crippen LogP contribution in [0.25, 0.3) is 0 Å². The summed E-state index contributed by atoms with van der Waals surface area (Å²) in [6.45, 7) is 3.21. The van der Waals surface area contributed by atoms with Crippen molar-refractivity contribution in [2.45, 2.75) is 44.7 Å². The fourth-order valence-electron chi connectivity index (χ4n) is 3.26. The summed E-state index contributed by atoms with van der Waals surface area (Å²) >= 11 is 0. The topological polar surface area (TPSA) is 52.2 Å². The minimum atomic E-state index is 0.303. The van der Waals surface area contributed by atoms with Gasteiger partial charge in [-0.1, -0.05) is 19.3 Å². The predicted molar refractivity (Wildman–Crippen MR) is 72.5 cm³/mol. The molecule has 2 heterocycles. The van der Waals surface area contributed by atoms with Crippen molar-refractivity contribution < 1.29 is 4.79 Å². The maximum atomic E-state index is 12.3. The molecule has 1 N–H and O–H groups in total. The van der Waals surface area contributed by atoms with Crippen molar-refractivity contribution in [3.8, 4) is 0 Å². The van der Waals surface area contributed by atoms with Crippen LogP contribution < -0.4 is 0 Å². The third-order valence-corrected chi connectivity index (χ3v) is 4.30. The lowest BCUT2D eigenvalue weighted by Crippen LogP contribution is -2.54. The molecule has 1 aliphatic carbocycles. The van der Waals surface area contributed by atoms with Gasteiger partial charge < -0.3 is 9.88 Å². The second-order valence-corrected chi connectivity index (χ2v) is 5.67. The first kappa shape index (κ1) is 12.7. The van der Waals surface area contributed by atoms with Crippen molar-refractivity contribution in [1.82, 2.24) is 19.8 Å². The summed E-state index contributed by atoms with van der Waals surface area (Å²) in [6.07, 6.45) is 9.83. The highest BCUT2D eigenvalue weighted by atomic mass is 16.2. The zero-order valence-corrected chi connectivity index (χ0v) is 11.3. The lowest BCUT2D eigenvalue weighted by molar-refractivity contribution is -0.139. The largest absolute Gasteiger partial charge is 0.347 e. The molecular weight excluding hydrogens is 240 g/mol. The molecule has 1 amide bonds. The van der Waals surface area contributed by atoms with E-state index in [4.69, 9.17) is 0 Å². The van der Waals surface area contributed by atoms with E-state index in [2.05, 4.69) is 19.8 Å². The van der Waals surface area contributed by atoms with Crippen LogP contribution in [0.3, 0.4) is 0 Å². The molecule has 0 radical (unpaired) electrons. The highest BCUT2D eigenvalue weighted by Gasteiger charge is 2.30. The number of aromatic nitrogens is 2. The molecular formula is C14H22N4O. The monoisotopic (exact) mass is 262 g/mol. The fourth-order valence-corrected chi connectivity index (χ4v) is 3.26. The number of imidazole rings is 1. The van der Waals surface area contributed by atoms with Crippen molar-refractivity contribution in [3.63, 3.8) is 0 Å². The number of carbonyl (C=O) groups excluding carboxylic acids is 1. The number of hydrogen-bond acceptors (Lipinski definition) is 3. The SMILES string of the molecule is O=C1CN(Cc2cnc[nH]2)CCN1C1CCCCC1. The summed E-state index contributed by atoms with van der Waals surface area (Å²) in [4.78, 5) is 23.7. The third-order valence-electron chi connectivity index (χ3n) is 4.30. The number of nitrogens with zero attached hydrogens (tertiary/aromatic N) is 3. The lowest BCUT2D eigenvalue weighted by Gasteiger charge is -2.40. The molecule has 0 spiro atoms. The van der Waals surface area contributed by atoms with Gasteiger partial charge in [0.05, 0.1) is 12.9 Å². The predicted octanol–water partition coefficient (Wildman–Crippen LogP) is 1.39. The van der Waals surface area contributed by atoms with E-state index >= 15 is 0 Å². The Morgan fingerprint density at radius 1 is 1.26 bits per heavy atom. The molecule has 3 rings (SSSR count). The number of piperazine rings is 1. The molecule has 1 saturated carbocycles. The Balaban J connectivity index is 1.54. The summed E-state index contributed by atoms with van der Waals surface area (Å²) in [5.41, 5.74) is 1.08. The Kier molecular flexibility index (Phi) is 3.82. The Hall–Kier alpha value is -1.36. The number of H-pyrrole nitrogens is 1. The van der Waals surface area contributed by atoms with E-state index in [0.29, 0.717) is 18.5 Å². The van der Waals surface area contributed by atoms with Crippen LogP contribution in [0.1, 0.15) is 37.8 Å². The average molecular weight is 262 g/mol. The van der Waals surface area contributed by atoms with Crippen LogP contribution in [0.15, 0.2) is 12.5 Å². The molecule has 19 heavy (non-hydrogen) atoms. The molecule has 2 fully saturated rings. The highest BCUT2D eigenvalue weighted by molar-refractivity contribution is 5.79. The summed E-state index contributed by atoms with van der Waals surface area (Å²) in [5.74, 6) is 0.303. The zero-order chi connectivity index (χ0) is 13.1. The molecule has 2 aliphatic rings. The van der Waals surface area contributed by atoms with E-state index in [-0.39, 0.29) is 0 Å². The molecule has 5 heteroatoms. The Bertz CT molecular complexity index is 411. The van der Waals surface area contributed by atoms with Crippen LogP contribution in [-0.4, -0.2) is 51.4 Å². The average Bonchev–Trinajstić information content (AvgIpc) is 2.93. The normalized spacial score (nSPS) is 22.9. The second kappa shape index (κ2) is 5.74. The van der Waals surface area contributed by atoms with Gasteiger partial charge in [0.2, 0.25) is 5.91 Å². The first-order chi connectivity index (χ1) is 9.33. The minimum absolute atomic E-state index is 0.303. The molecule has 5 nitrogen and oxygen atoms in total. The Labute approximate surface area is 114 Å². The van der Waals surface area contributed by atoms with Gasteiger partial charge in [0.1, 0.15) is 0 Å². The van der Waals surface area contributed by atoms with Gasteiger partial charge in [0.25, 0.3) is 0 Å². The van der Waals surface area contributed by atoms with E-state index in [1.54, 1.807) is 6.33 Å². The van der Waals surface area contributed by atoms with Crippen LogP contribution in [0, 0.1) is 0 Å². The van der Waals surface area contributed by atoms with Crippen molar-refractivity contribution in [2.75, 3.05) is 19.6 Å². The van der Waals surface area contributed by atoms with Crippen LogP contribution in [0.2, 0.25) is 0 Å². The summed E-state index contributed by atoms with van der Waals surface area (Å²) in [5, 5.41) is 0. The number of hydrogen-bond donors (Lipinski definition) is 1. The van der Waals surface area contributed by atoms with Gasteiger partial charge in [0.15, 0.2) is 0 Å². The van der Waals surface area contributed by atoms with E-state index in [1.165, 1.54) is 32.1 Å². The fraction of sp³-hybridized carbons (Fsp3) is 0.714. The maximum Gasteiger partial charge on any atom is 0.237 e. The molecule has 1 aromatic rings. The number of rotatable bonds is 3. The van der Waals surface area contributed by atoms with Crippen LogP contribution in [0.4, 0.5) is 0 Å².